The summed E-state index contributed by atoms with van der Waals surface area (Å²) in [5.41, 5.74) is 0.450. The molecule has 0 aliphatic rings. The molecular formula is C13H17F4N. The molecule has 0 heterocycles. The van der Waals surface area contributed by atoms with E-state index in [9.17, 15) is 17.6 Å². The molecule has 18 heavy (non-hydrogen) atoms. The minimum Gasteiger partial charge on any atom is -0.314 e. The highest BCUT2D eigenvalue weighted by Gasteiger charge is 2.28. The number of likely N-dealkylation sites (N-methyl/N-ethyl adjacent to an activating group) is 1. The normalized spacial score (nSPS) is 13.6. The zero-order valence-corrected chi connectivity index (χ0v) is 10.2. The summed E-state index contributed by atoms with van der Waals surface area (Å²) in [7, 11) is 0. The zero-order valence-electron chi connectivity index (χ0n) is 10.2. The summed E-state index contributed by atoms with van der Waals surface area (Å²) in [6.45, 7) is 2.39. The van der Waals surface area contributed by atoms with Crippen LogP contribution in [0.4, 0.5) is 17.6 Å². The Morgan fingerprint density at radius 3 is 2.44 bits per heavy atom. The van der Waals surface area contributed by atoms with Crippen molar-refractivity contribution >= 4 is 0 Å². The monoisotopic (exact) mass is 263 g/mol. The fraction of sp³-hybridized carbons (Fsp3) is 0.538. The quantitative estimate of drug-likeness (QED) is 0.772. The van der Waals surface area contributed by atoms with Crippen molar-refractivity contribution in [1.29, 1.82) is 0 Å². The number of rotatable bonds is 6. The highest BCUT2D eigenvalue weighted by atomic mass is 19.4. The molecule has 0 aliphatic heterocycles. The van der Waals surface area contributed by atoms with Crippen molar-refractivity contribution in [2.75, 3.05) is 6.54 Å². The van der Waals surface area contributed by atoms with Crippen molar-refractivity contribution < 1.29 is 17.6 Å². The second kappa shape index (κ2) is 6.73. The summed E-state index contributed by atoms with van der Waals surface area (Å²) in [6, 6.07) is 5.82. The van der Waals surface area contributed by atoms with E-state index in [1.165, 1.54) is 6.07 Å². The number of hydrogen-bond acceptors (Lipinski definition) is 1. The predicted molar refractivity (Wildman–Crippen MR) is 62.9 cm³/mol. The number of benzene rings is 1. The number of alkyl halides is 3. The van der Waals surface area contributed by atoms with Crippen LogP contribution in [-0.2, 0) is 6.42 Å². The molecule has 1 atom stereocenters. The van der Waals surface area contributed by atoms with Gasteiger partial charge in [0.05, 0.1) is 0 Å². The smallest absolute Gasteiger partial charge is 0.314 e. The van der Waals surface area contributed by atoms with Gasteiger partial charge in [0.2, 0.25) is 0 Å². The Bertz CT molecular complexity index is 362. The van der Waals surface area contributed by atoms with Crippen LogP contribution in [0.5, 0.6) is 0 Å². The Balaban J connectivity index is 2.60. The first kappa shape index (κ1) is 15.0. The van der Waals surface area contributed by atoms with Gasteiger partial charge in [-0.3, -0.25) is 0 Å². The second-order valence-electron chi connectivity index (χ2n) is 4.20. The Kier molecular flexibility index (Phi) is 5.59. The van der Waals surface area contributed by atoms with Crippen LogP contribution in [-0.4, -0.2) is 18.8 Å². The highest BCUT2D eigenvalue weighted by molar-refractivity contribution is 5.18. The van der Waals surface area contributed by atoms with Gasteiger partial charge in [-0.15, -0.1) is 0 Å². The van der Waals surface area contributed by atoms with Gasteiger partial charge in [-0.1, -0.05) is 25.1 Å². The van der Waals surface area contributed by atoms with E-state index in [1.54, 1.807) is 18.2 Å². The summed E-state index contributed by atoms with van der Waals surface area (Å²) >= 11 is 0. The van der Waals surface area contributed by atoms with Crippen molar-refractivity contribution in [3.8, 4) is 0 Å². The van der Waals surface area contributed by atoms with Crippen LogP contribution < -0.4 is 5.32 Å². The molecule has 0 saturated heterocycles. The Labute approximate surface area is 104 Å². The maximum atomic E-state index is 13.4. The molecule has 1 rings (SSSR count). The number of nitrogens with one attached hydrogen (secondary N) is 1. The summed E-state index contributed by atoms with van der Waals surface area (Å²) in [5.74, 6) is -0.368. The molecule has 0 spiro atoms. The average molecular weight is 263 g/mol. The fourth-order valence-electron chi connectivity index (χ4n) is 1.83. The van der Waals surface area contributed by atoms with Crippen LogP contribution in [0, 0.1) is 5.82 Å². The Morgan fingerprint density at radius 1 is 1.22 bits per heavy atom. The van der Waals surface area contributed by atoms with Crippen molar-refractivity contribution in [3.05, 3.63) is 35.6 Å². The molecule has 1 aromatic rings. The topological polar surface area (TPSA) is 12.0 Å². The maximum absolute atomic E-state index is 13.4. The van der Waals surface area contributed by atoms with E-state index in [2.05, 4.69) is 5.32 Å². The van der Waals surface area contributed by atoms with Crippen LogP contribution >= 0.6 is 0 Å². The molecule has 5 heteroatoms. The highest BCUT2D eigenvalue weighted by Crippen LogP contribution is 2.23. The molecule has 0 aromatic heterocycles. The lowest BCUT2D eigenvalue weighted by Crippen LogP contribution is -2.32. The molecule has 0 radical (unpaired) electrons. The van der Waals surface area contributed by atoms with E-state index in [0.29, 0.717) is 12.1 Å². The molecule has 1 aromatic carbocycles. The maximum Gasteiger partial charge on any atom is 0.389 e. The van der Waals surface area contributed by atoms with Gasteiger partial charge < -0.3 is 5.32 Å². The third-order valence-corrected chi connectivity index (χ3v) is 2.69. The molecular weight excluding hydrogens is 246 g/mol. The van der Waals surface area contributed by atoms with Crippen molar-refractivity contribution in [2.45, 2.75) is 38.4 Å². The lowest BCUT2D eigenvalue weighted by Gasteiger charge is -2.19. The fourth-order valence-corrected chi connectivity index (χ4v) is 1.83. The van der Waals surface area contributed by atoms with Gasteiger partial charge in [0.1, 0.15) is 5.82 Å². The first-order valence-corrected chi connectivity index (χ1v) is 5.96. The van der Waals surface area contributed by atoms with Crippen LogP contribution in [0.15, 0.2) is 24.3 Å². The van der Waals surface area contributed by atoms with Crippen molar-refractivity contribution in [1.82, 2.24) is 5.32 Å². The molecule has 1 unspecified atom stereocenters. The first-order chi connectivity index (χ1) is 8.42. The van der Waals surface area contributed by atoms with Crippen molar-refractivity contribution in [3.63, 3.8) is 0 Å². The Morgan fingerprint density at radius 2 is 1.89 bits per heavy atom. The minimum atomic E-state index is -4.16. The lowest BCUT2D eigenvalue weighted by molar-refractivity contribution is -0.136. The number of hydrogen-bond donors (Lipinski definition) is 1. The summed E-state index contributed by atoms with van der Waals surface area (Å²) in [5, 5.41) is 2.96. The van der Waals surface area contributed by atoms with Gasteiger partial charge in [0, 0.05) is 12.5 Å². The van der Waals surface area contributed by atoms with Crippen LogP contribution in [0.25, 0.3) is 0 Å². The largest absolute Gasteiger partial charge is 0.389 e. The third-order valence-electron chi connectivity index (χ3n) is 2.69. The summed E-state index contributed by atoms with van der Waals surface area (Å²) in [6.07, 6.45) is -4.77. The molecule has 0 bridgehead atoms. The van der Waals surface area contributed by atoms with Gasteiger partial charge in [0.15, 0.2) is 0 Å². The SMILES string of the molecule is CCNC(CCC(F)(F)F)Cc1ccccc1F. The molecule has 1 nitrogen and oxygen atoms in total. The van der Waals surface area contributed by atoms with E-state index in [1.807, 2.05) is 6.92 Å². The predicted octanol–water partition coefficient (Wildman–Crippen LogP) is 3.69. The molecule has 0 aliphatic carbocycles. The second-order valence-corrected chi connectivity index (χ2v) is 4.20. The minimum absolute atomic E-state index is 0.0360. The van der Waals surface area contributed by atoms with Crippen LogP contribution in [0.2, 0.25) is 0 Å². The number of halogens is 4. The van der Waals surface area contributed by atoms with E-state index in [0.717, 1.165) is 0 Å². The summed E-state index contributed by atoms with van der Waals surface area (Å²) < 4.78 is 49.9. The molecule has 0 saturated carbocycles. The third kappa shape index (κ3) is 5.49. The standard InChI is InChI=1S/C13H17F4N/c1-2-18-11(7-8-13(15,16)17)9-10-5-3-4-6-12(10)14/h3-6,11,18H,2,7-9H2,1H3. The lowest BCUT2D eigenvalue weighted by atomic mass is 10.0. The van der Waals surface area contributed by atoms with Crippen molar-refractivity contribution in [2.24, 2.45) is 0 Å². The van der Waals surface area contributed by atoms with Gasteiger partial charge in [-0.05, 0) is 31.0 Å². The average Bonchev–Trinajstić information content (AvgIpc) is 2.28. The van der Waals surface area contributed by atoms with E-state index in [4.69, 9.17) is 0 Å². The van der Waals surface area contributed by atoms with Crippen LogP contribution in [0.3, 0.4) is 0 Å². The van der Waals surface area contributed by atoms with Gasteiger partial charge in [-0.2, -0.15) is 13.2 Å². The van der Waals surface area contributed by atoms with E-state index >= 15 is 0 Å². The summed E-state index contributed by atoms with van der Waals surface area (Å²) in [4.78, 5) is 0. The molecule has 1 N–H and O–H groups in total. The van der Waals surface area contributed by atoms with Crippen LogP contribution in [0.1, 0.15) is 25.3 Å². The molecule has 0 fully saturated rings. The van der Waals surface area contributed by atoms with E-state index < -0.39 is 12.6 Å². The first-order valence-electron chi connectivity index (χ1n) is 5.96. The van der Waals surface area contributed by atoms with E-state index in [-0.39, 0.29) is 24.7 Å². The zero-order chi connectivity index (χ0) is 13.6. The molecule has 0 amide bonds. The van der Waals surface area contributed by atoms with Gasteiger partial charge in [-0.25, -0.2) is 4.39 Å². The van der Waals surface area contributed by atoms with Gasteiger partial charge in [0.25, 0.3) is 0 Å². The molecule has 102 valence electrons. The Hall–Kier alpha value is -1.10. The van der Waals surface area contributed by atoms with Gasteiger partial charge >= 0.3 is 6.18 Å².